The molecule has 0 aliphatic rings. The van der Waals surface area contributed by atoms with Crippen LogP contribution in [-0.2, 0) is 0 Å². The van der Waals surface area contributed by atoms with Gasteiger partial charge < -0.3 is 5.32 Å². The number of rotatable bonds is 3. The molecule has 0 radical (unpaired) electrons. The van der Waals surface area contributed by atoms with Gasteiger partial charge in [0.1, 0.15) is 0 Å². The minimum absolute atomic E-state index is 0.398. The van der Waals surface area contributed by atoms with Crippen LogP contribution in [0.2, 0.25) is 0 Å². The van der Waals surface area contributed by atoms with Crippen LogP contribution < -0.4 is 5.32 Å². The smallest absolute Gasteiger partial charge is 0.0376 e. The lowest BCUT2D eigenvalue weighted by Gasteiger charge is -2.11. The van der Waals surface area contributed by atoms with E-state index in [4.69, 9.17) is 0 Å². The van der Waals surface area contributed by atoms with E-state index in [1.165, 1.54) is 11.3 Å². The second kappa shape index (κ2) is 5.31. The van der Waals surface area contributed by atoms with Gasteiger partial charge in [-0.25, -0.2) is 0 Å². The number of allylic oxidation sites excluding steroid dienone is 1. The third-order valence-corrected chi connectivity index (χ3v) is 2.23. The molecule has 1 aromatic rings. The highest BCUT2D eigenvalue weighted by Gasteiger charge is 2.04. The average molecular weight is 187 g/mol. The molecule has 0 spiro atoms. The molecular weight excluding hydrogens is 170 g/mol. The summed E-state index contributed by atoms with van der Waals surface area (Å²) in [6.45, 7) is 4.15. The Morgan fingerprint density at radius 3 is 2.71 bits per heavy atom. The Hall–Kier alpha value is -1.46. The number of benzene rings is 1. The normalized spacial score (nSPS) is 11.4. The van der Waals surface area contributed by atoms with Crippen molar-refractivity contribution in [2.45, 2.75) is 19.8 Å². The third kappa shape index (κ3) is 2.51. The van der Waals surface area contributed by atoms with E-state index in [0.29, 0.717) is 5.92 Å². The summed E-state index contributed by atoms with van der Waals surface area (Å²) in [6.07, 6.45) is 4.01. The summed E-state index contributed by atoms with van der Waals surface area (Å²) in [5, 5.41) is 3.19. The average Bonchev–Trinajstić information content (AvgIpc) is 2.25. The molecule has 0 saturated carbocycles. The molecule has 0 amide bonds. The Bertz CT molecular complexity index is 346. The summed E-state index contributed by atoms with van der Waals surface area (Å²) < 4.78 is 0. The van der Waals surface area contributed by atoms with Gasteiger partial charge in [0, 0.05) is 18.7 Å². The first kappa shape index (κ1) is 10.6. The second-order valence-corrected chi connectivity index (χ2v) is 3.25. The first-order valence-corrected chi connectivity index (χ1v) is 4.93. The first-order chi connectivity index (χ1) is 6.79. The number of hydrogen-bond donors (Lipinski definition) is 1. The highest BCUT2D eigenvalue weighted by atomic mass is 14.8. The quantitative estimate of drug-likeness (QED) is 0.713. The maximum atomic E-state index is 3.19. The molecule has 1 N–H and O–H groups in total. The minimum Gasteiger partial charge on any atom is -0.388 e. The van der Waals surface area contributed by atoms with Gasteiger partial charge in [-0.3, -0.25) is 0 Å². The summed E-state index contributed by atoms with van der Waals surface area (Å²) in [6, 6.07) is 8.34. The largest absolute Gasteiger partial charge is 0.388 e. The molecule has 1 aromatic carbocycles. The van der Waals surface area contributed by atoms with E-state index in [1.54, 1.807) is 0 Å². The van der Waals surface area contributed by atoms with Crippen LogP contribution >= 0.6 is 0 Å². The van der Waals surface area contributed by atoms with Crippen molar-refractivity contribution in [3.63, 3.8) is 0 Å². The van der Waals surface area contributed by atoms with Gasteiger partial charge in [0.25, 0.3) is 0 Å². The zero-order chi connectivity index (χ0) is 10.4. The molecule has 0 aromatic heterocycles. The summed E-state index contributed by atoms with van der Waals surface area (Å²) in [4.78, 5) is 0. The van der Waals surface area contributed by atoms with Crippen molar-refractivity contribution in [1.29, 1.82) is 0 Å². The molecule has 1 rings (SSSR count). The van der Waals surface area contributed by atoms with Crippen molar-refractivity contribution in [1.82, 2.24) is 0 Å². The van der Waals surface area contributed by atoms with E-state index in [-0.39, 0.29) is 0 Å². The first-order valence-electron chi connectivity index (χ1n) is 4.93. The predicted octanol–water partition coefficient (Wildman–Crippen LogP) is 3.56. The van der Waals surface area contributed by atoms with E-state index >= 15 is 0 Å². The topological polar surface area (TPSA) is 12.0 Å². The van der Waals surface area contributed by atoms with Crippen LogP contribution in [0.3, 0.4) is 0 Å². The Labute approximate surface area is 86.2 Å². The van der Waals surface area contributed by atoms with Crippen molar-refractivity contribution < 1.29 is 0 Å². The van der Waals surface area contributed by atoms with E-state index in [2.05, 4.69) is 42.2 Å². The molecule has 1 nitrogen and oxygen atoms in total. The maximum absolute atomic E-state index is 3.19. The lowest BCUT2D eigenvalue weighted by molar-refractivity contribution is 0.970. The molecule has 1 atom stereocenters. The van der Waals surface area contributed by atoms with Crippen molar-refractivity contribution in [2.24, 2.45) is 0 Å². The van der Waals surface area contributed by atoms with Crippen LogP contribution in [0.15, 0.2) is 42.1 Å². The standard InChI is InChI=1S/C13H17N/c1-4-5-8-11(2)12-9-6-7-10-13(12)14-3/h4,6-11,14H,1-3H3. The van der Waals surface area contributed by atoms with Crippen molar-refractivity contribution in [3.05, 3.63) is 47.7 Å². The van der Waals surface area contributed by atoms with E-state index in [9.17, 15) is 0 Å². The molecule has 74 valence electrons. The molecule has 0 aliphatic carbocycles. The fourth-order valence-corrected chi connectivity index (χ4v) is 1.45. The van der Waals surface area contributed by atoms with Gasteiger partial charge in [-0.2, -0.15) is 0 Å². The van der Waals surface area contributed by atoms with Gasteiger partial charge in [0.15, 0.2) is 0 Å². The summed E-state index contributed by atoms with van der Waals surface area (Å²) in [7, 11) is 1.95. The summed E-state index contributed by atoms with van der Waals surface area (Å²) in [5.41, 5.74) is 5.62. The molecule has 0 saturated heterocycles. The Kier molecular flexibility index (Phi) is 4.03. The van der Waals surface area contributed by atoms with Crippen LogP contribution in [0.1, 0.15) is 25.3 Å². The van der Waals surface area contributed by atoms with Crippen LogP contribution in [0.5, 0.6) is 0 Å². The maximum Gasteiger partial charge on any atom is 0.0376 e. The monoisotopic (exact) mass is 187 g/mol. The number of para-hydroxylation sites is 1. The molecule has 0 bridgehead atoms. The van der Waals surface area contributed by atoms with Crippen molar-refractivity contribution in [3.8, 4) is 0 Å². The second-order valence-electron chi connectivity index (χ2n) is 3.25. The highest BCUT2D eigenvalue weighted by Crippen LogP contribution is 2.24. The number of nitrogens with one attached hydrogen (secondary N) is 1. The van der Waals surface area contributed by atoms with Crippen molar-refractivity contribution in [2.75, 3.05) is 12.4 Å². The van der Waals surface area contributed by atoms with E-state index in [0.717, 1.165) is 0 Å². The van der Waals surface area contributed by atoms with Gasteiger partial charge in [-0.05, 0) is 30.7 Å². The molecule has 1 unspecified atom stereocenters. The fourth-order valence-electron chi connectivity index (χ4n) is 1.45. The van der Waals surface area contributed by atoms with Crippen LogP contribution in [0.25, 0.3) is 0 Å². The Morgan fingerprint density at radius 1 is 1.36 bits per heavy atom. The predicted molar refractivity (Wildman–Crippen MR) is 62.7 cm³/mol. The zero-order valence-corrected chi connectivity index (χ0v) is 9.04. The van der Waals surface area contributed by atoms with Crippen LogP contribution in [0, 0.1) is 0 Å². The highest BCUT2D eigenvalue weighted by molar-refractivity contribution is 5.53. The lowest BCUT2D eigenvalue weighted by Crippen LogP contribution is -1.97. The van der Waals surface area contributed by atoms with E-state index < -0.39 is 0 Å². The van der Waals surface area contributed by atoms with Gasteiger partial charge in [0.2, 0.25) is 0 Å². The molecule has 0 fully saturated rings. The summed E-state index contributed by atoms with van der Waals surface area (Å²) >= 11 is 0. The van der Waals surface area contributed by atoms with E-state index in [1.807, 2.05) is 26.1 Å². The Balaban J connectivity index is 2.99. The number of anilines is 1. The molecule has 0 aliphatic heterocycles. The molecule has 0 heterocycles. The van der Waals surface area contributed by atoms with Crippen molar-refractivity contribution >= 4 is 5.69 Å². The third-order valence-electron chi connectivity index (χ3n) is 2.23. The number of hydrogen-bond acceptors (Lipinski definition) is 1. The minimum atomic E-state index is 0.398. The zero-order valence-electron chi connectivity index (χ0n) is 9.04. The van der Waals surface area contributed by atoms with Crippen LogP contribution in [-0.4, -0.2) is 7.05 Å². The van der Waals surface area contributed by atoms with Gasteiger partial charge in [-0.15, -0.1) is 5.73 Å². The lowest BCUT2D eigenvalue weighted by atomic mass is 9.99. The molecule has 1 heteroatoms. The Morgan fingerprint density at radius 2 is 2.07 bits per heavy atom. The molecular formula is C13H17N. The van der Waals surface area contributed by atoms with Gasteiger partial charge in [0.05, 0.1) is 0 Å². The fraction of sp³-hybridized carbons (Fsp3) is 0.308. The summed E-state index contributed by atoms with van der Waals surface area (Å²) in [5.74, 6) is 0.398. The van der Waals surface area contributed by atoms with Crippen LogP contribution in [0.4, 0.5) is 5.69 Å². The van der Waals surface area contributed by atoms with Gasteiger partial charge >= 0.3 is 0 Å². The molecule has 14 heavy (non-hydrogen) atoms. The van der Waals surface area contributed by atoms with Gasteiger partial charge in [-0.1, -0.05) is 25.1 Å². The SMILES string of the molecule is CC=C=CC(C)c1ccccc1NC.